The molecule has 0 spiro atoms. The number of aliphatic hydroxyl groups is 1. The van der Waals surface area contributed by atoms with Crippen LogP contribution in [0.2, 0.25) is 5.02 Å². The Hall–Kier alpha value is -1.37. The molecule has 1 aromatic heterocycles. The number of hydrogen-bond acceptors (Lipinski definition) is 5. The molecular weight excluding hydrogens is 328 g/mol. The van der Waals surface area contributed by atoms with Crippen LogP contribution in [0.5, 0.6) is 0 Å². The molecule has 2 aliphatic rings. The van der Waals surface area contributed by atoms with Gasteiger partial charge in [-0.2, -0.15) is 0 Å². The van der Waals surface area contributed by atoms with Crippen molar-refractivity contribution in [1.29, 1.82) is 0 Å². The van der Waals surface area contributed by atoms with Crippen molar-refractivity contribution in [3.8, 4) is 0 Å². The minimum atomic E-state index is 0.0309. The molecule has 2 aliphatic heterocycles. The van der Waals surface area contributed by atoms with E-state index in [4.69, 9.17) is 16.7 Å². The molecule has 0 saturated carbocycles. The van der Waals surface area contributed by atoms with E-state index in [1.54, 1.807) is 12.3 Å². The van der Waals surface area contributed by atoms with E-state index < -0.39 is 0 Å². The Labute approximate surface area is 148 Å². The van der Waals surface area contributed by atoms with Gasteiger partial charge in [-0.05, 0) is 25.3 Å². The van der Waals surface area contributed by atoms with Gasteiger partial charge in [-0.25, -0.2) is 4.98 Å². The molecule has 0 atom stereocenters. The largest absolute Gasteiger partial charge is 0.395 e. The number of pyridine rings is 1. The summed E-state index contributed by atoms with van der Waals surface area (Å²) in [5.41, 5.74) is 0.574. The van der Waals surface area contributed by atoms with Gasteiger partial charge in [-0.15, -0.1) is 0 Å². The second kappa shape index (κ2) is 8.14. The first-order valence-electron chi connectivity index (χ1n) is 8.72. The van der Waals surface area contributed by atoms with Crippen molar-refractivity contribution in [2.24, 2.45) is 0 Å². The molecule has 24 heavy (non-hydrogen) atoms. The van der Waals surface area contributed by atoms with Crippen LogP contribution < -0.4 is 4.90 Å². The number of nitrogens with zero attached hydrogens (tertiary/aromatic N) is 4. The minimum absolute atomic E-state index is 0.0309. The molecule has 0 radical (unpaired) electrons. The fourth-order valence-electron chi connectivity index (χ4n) is 3.38. The average Bonchev–Trinajstić information content (AvgIpc) is 2.63. The molecule has 6 nitrogen and oxygen atoms in total. The third-order valence-corrected chi connectivity index (χ3v) is 5.08. The van der Waals surface area contributed by atoms with E-state index in [0.29, 0.717) is 17.1 Å². The van der Waals surface area contributed by atoms with Gasteiger partial charge in [0.25, 0.3) is 5.91 Å². The van der Waals surface area contributed by atoms with E-state index in [2.05, 4.69) is 14.8 Å². The van der Waals surface area contributed by atoms with E-state index in [1.807, 2.05) is 4.90 Å². The molecule has 1 aromatic rings. The maximum absolute atomic E-state index is 12.5. The van der Waals surface area contributed by atoms with Gasteiger partial charge in [0, 0.05) is 52.0 Å². The number of aliphatic hydroxyl groups excluding tert-OH is 1. The summed E-state index contributed by atoms with van der Waals surface area (Å²) < 4.78 is 0. The third kappa shape index (κ3) is 3.99. The Kier molecular flexibility index (Phi) is 5.92. The summed E-state index contributed by atoms with van der Waals surface area (Å²) in [7, 11) is 0. The standard InChI is InChI=1S/C17H25ClN4O2/c18-15-12-14(17(24)22-4-2-1-3-5-22)13-19-16(15)21-8-6-20(7-9-21)10-11-23/h12-13,23H,1-11H2. The fraction of sp³-hybridized carbons (Fsp3) is 0.647. The van der Waals surface area contributed by atoms with Crippen LogP contribution in [0.3, 0.4) is 0 Å². The van der Waals surface area contributed by atoms with Crippen molar-refractivity contribution in [3.05, 3.63) is 22.8 Å². The number of aromatic nitrogens is 1. The Balaban J connectivity index is 1.65. The first kappa shape index (κ1) is 17.5. The highest BCUT2D eigenvalue weighted by molar-refractivity contribution is 6.33. The number of piperidine rings is 1. The van der Waals surface area contributed by atoms with E-state index in [0.717, 1.165) is 57.9 Å². The summed E-state index contributed by atoms with van der Waals surface area (Å²) in [5, 5.41) is 9.55. The van der Waals surface area contributed by atoms with Gasteiger partial charge in [-0.1, -0.05) is 11.6 Å². The average molecular weight is 353 g/mol. The molecule has 132 valence electrons. The second-order valence-electron chi connectivity index (χ2n) is 6.43. The summed E-state index contributed by atoms with van der Waals surface area (Å²) in [6.45, 7) is 5.96. The molecule has 0 unspecified atom stereocenters. The van der Waals surface area contributed by atoms with Gasteiger partial charge in [0.05, 0.1) is 17.2 Å². The minimum Gasteiger partial charge on any atom is -0.395 e. The molecule has 3 rings (SSSR count). The number of halogens is 1. The molecule has 2 fully saturated rings. The zero-order valence-corrected chi connectivity index (χ0v) is 14.7. The lowest BCUT2D eigenvalue weighted by atomic mass is 10.1. The van der Waals surface area contributed by atoms with Crippen LogP contribution in [0.1, 0.15) is 29.6 Å². The summed E-state index contributed by atoms with van der Waals surface area (Å²) in [5.74, 6) is 0.777. The van der Waals surface area contributed by atoms with Crippen molar-refractivity contribution in [1.82, 2.24) is 14.8 Å². The van der Waals surface area contributed by atoms with Crippen LogP contribution in [0.15, 0.2) is 12.3 Å². The quantitative estimate of drug-likeness (QED) is 0.889. The monoisotopic (exact) mass is 352 g/mol. The van der Waals surface area contributed by atoms with Crippen LogP contribution in [-0.4, -0.2) is 78.2 Å². The normalized spacial score (nSPS) is 19.6. The van der Waals surface area contributed by atoms with E-state index >= 15 is 0 Å². The number of rotatable bonds is 4. The van der Waals surface area contributed by atoms with Crippen LogP contribution in [-0.2, 0) is 0 Å². The first-order valence-corrected chi connectivity index (χ1v) is 9.10. The molecule has 0 aromatic carbocycles. The highest BCUT2D eigenvalue weighted by Crippen LogP contribution is 2.26. The first-order chi connectivity index (χ1) is 11.7. The maximum Gasteiger partial charge on any atom is 0.255 e. The smallest absolute Gasteiger partial charge is 0.255 e. The van der Waals surface area contributed by atoms with Gasteiger partial charge in [0.2, 0.25) is 0 Å². The second-order valence-corrected chi connectivity index (χ2v) is 6.84. The van der Waals surface area contributed by atoms with E-state index in [9.17, 15) is 4.79 Å². The third-order valence-electron chi connectivity index (χ3n) is 4.80. The summed E-state index contributed by atoms with van der Waals surface area (Å²) in [6, 6.07) is 1.75. The van der Waals surface area contributed by atoms with Crippen molar-refractivity contribution in [2.75, 3.05) is 57.3 Å². The van der Waals surface area contributed by atoms with E-state index in [-0.39, 0.29) is 12.5 Å². The summed E-state index contributed by atoms with van der Waals surface area (Å²) in [6.07, 6.45) is 4.99. The van der Waals surface area contributed by atoms with Gasteiger partial charge in [0.15, 0.2) is 0 Å². The molecule has 2 saturated heterocycles. The zero-order chi connectivity index (χ0) is 16.9. The van der Waals surface area contributed by atoms with Crippen molar-refractivity contribution in [2.45, 2.75) is 19.3 Å². The van der Waals surface area contributed by atoms with Gasteiger partial charge in [-0.3, -0.25) is 9.69 Å². The number of amides is 1. The highest BCUT2D eigenvalue weighted by Gasteiger charge is 2.22. The number of likely N-dealkylation sites (tertiary alicyclic amines) is 1. The Morgan fingerprint density at radius 2 is 1.83 bits per heavy atom. The van der Waals surface area contributed by atoms with Crippen LogP contribution in [0.4, 0.5) is 5.82 Å². The number of carbonyl (C=O) groups excluding carboxylic acids is 1. The number of carbonyl (C=O) groups is 1. The molecular formula is C17H25ClN4O2. The predicted molar refractivity (Wildman–Crippen MR) is 94.7 cm³/mol. The van der Waals surface area contributed by atoms with Gasteiger partial charge in [0.1, 0.15) is 5.82 Å². The van der Waals surface area contributed by atoms with Crippen molar-refractivity contribution >= 4 is 23.3 Å². The number of piperazine rings is 1. The maximum atomic E-state index is 12.5. The molecule has 0 bridgehead atoms. The SMILES string of the molecule is O=C(c1cnc(N2CCN(CCO)CC2)c(Cl)c1)N1CCCCC1. The highest BCUT2D eigenvalue weighted by atomic mass is 35.5. The molecule has 0 aliphatic carbocycles. The van der Waals surface area contributed by atoms with Gasteiger partial charge >= 0.3 is 0 Å². The van der Waals surface area contributed by atoms with E-state index in [1.165, 1.54) is 6.42 Å². The van der Waals surface area contributed by atoms with Crippen LogP contribution in [0, 0.1) is 0 Å². The van der Waals surface area contributed by atoms with Crippen molar-refractivity contribution in [3.63, 3.8) is 0 Å². The molecule has 3 heterocycles. The summed E-state index contributed by atoms with van der Waals surface area (Å²) >= 11 is 6.41. The number of β-amino-alcohol motifs (C(OH)–C–C–N with tert-alkyl or cyclic N) is 1. The fourth-order valence-corrected chi connectivity index (χ4v) is 3.67. The molecule has 1 N–H and O–H groups in total. The lowest BCUT2D eigenvalue weighted by Crippen LogP contribution is -2.47. The number of hydrogen-bond donors (Lipinski definition) is 1. The predicted octanol–water partition coefficient (Wildman–Crippen LogP) is 1.48. The lowest BCUT2D eigenvalue weighted by Gasteiger charge is -2.35. The molecule has 1 amide bonds. The summed E-state index contributed by atoms with van der Waals surface area (Å²) in [4.78, 5) is 23.3. The van der Waals surface area contributed by atoms with Crippen LogP contribution >= 0.6 is 11.6 Å². The number of anilines is 1. The zero-order valence-electron chi connectivity index (χ0n) is 14.0. The van der Waals surface area contributed by atoms with Gasteiger partial charge < -0.3 is 14.9 Å². The molecule has 7 heteroatoms. The Morgan fingerprint density at radius 1 is 1.12 bits per heavy atom. The van der Waals surface area contributed by atoms with Crippen LogP contribution in [0.25, 0.3) is 0 Å². The Morgan fingerprint density at radius 3 is 2.46 bits per heavy atom. The van der Waals surface area contributed by atoms with Crippen molar-refractivity contribution < 1.29 is 9.90 Å². The Bertz CT molecular complexity index is 570. The lowest BCUT2D eigenvalue weighted by molar-refractivity contribution is 0.0724. The topological polar surface area (TPSA) is 59.9 Å².